The van der Waals surface area contributed by atoms with Gasteiger partial charge in [-0.2, -0.15) is 0 Å². The van der Waals surface area contributed by atoms with Crippen LogP contribution in [0.25, 0.3) is 0 Å². The SMILES string of the molecule is CC(Cc1cccs1)N(C)c1cc(CO)c(Cl)cn1. The standard InChI is InChI=1S/C14H17ClN2OS/c1-10(6-12-4-3-5-19-12)17(2)14-7-11(9-18)13(15)8-16-14/h3-5,7-8,10,18H,6,9H2,1-2H3. The fourth-order valence-corrected chi connectivity index (χ4v) is 2.85. The Morgan fingerprint density at radius 1 is 1.53 bits per heavy atom. The zero-order valence-corrected chi connectivity index (χ0v) is 12.6. The summed E-state index contributed by atoms with van der Waals surface area (Å²) >= 11 is 7.72. The minimum absolute atomic E-state index is 0.0680. The average Bonchev–Trinajstić information content (AvgIpc) is 2.91. The molecule has 0 saturated carbocycles. The third-order valence-corrected chi connectivity index (χ3v) is 4.43. The van der Waals surface area contributed by atoms with Crippen LogP contribution in [0.15, 0.2) is 29.8 Å². The van der Waals surface area contributed by atoms with Crippen LogP contribution in [0.5, 0.6) is 0 Å². The Hall–Kier alpha value is -1.10. The molecule has 19 heavy (non-hydrogen) atoms. The molecule has 0 fully saturated rings. The lowest BCUT2D eigenvalue weighted by atomic mass is 10.1. The number of rotatable bonds is 5. The zero-order chi connectivity index (χ0) is 13.8. The molecule has 5 heteroatoms. The lowest BCUT2D eigenvalue weighted by molar-refractivity contribution is 0.282. The molecule has 2 rings (SSSR count). The fourth-order valence-electron chi connectivity index (χ4n) is 1.86. The highest BCUT2D eigenvalue weighted by molar-refractivity contribution is 7.09. The van der Waals surface area contributed by atoms with E-state index in [1.807, 2.05) is 13.1 Å². The number of hydrogen-bond acceptors (Lipinski definition) is 4. The van der Waals surface area contributed by atoms with Crippen LogP contribution in [0.3, 0.4) is 0 Å². The molecule has 0 aliphatic rings. The van der Waals surface area contributed by atoms with Crippen molar-refractivity contribution in [3.8, 4) is 0 Å². The number of aromatic nitrogens is 1. The number of aliphatic hydroxyl groups excluding tert-OH is 1. The Bertz CT molecular complexity index is 530. The molecule has 0 aliphatic carbocycles. The van der Waals surface area contributed by atoms with Crippen LogP contribution in [-0.4, -0.2) is 23.2 Å². The van der Waals surface area contributed by atoms with Gasteiger partial charge in [-0.25, -0.2) is 4.98 Å². The molecule has 2 aromatic rings. The van der Waals surface area contributed by atoms with Gasteiger partial charge in [0.1, 0.15) is 5.82 Å². The molecule has 3 nitrogen and oxygen atoms in total. The van der Waals surface area contributed by atoms with Crippen LogP contribution in [-0.2, 0) is 13.0 Å². The van der Waals surface area contributed by atoms with E-state index in [9.17, 15) is 5.11 Å². The summed E-state index contributed by atoms with van der Waals surface area (Å²) in [5, 5.41) is 11.8. The Kier molecular flexibility index (Phi) is 4.80. The molecule has 0 aliphatic heterocycles. The summed E-state index contributed by atoms with van der Waals surface area (Å²) in [7, 11) is 2.01. The van der Waals surface area contributed by atoms with Crippen LogP contribution in [0.1, 0.15) is 17.4 Å². The minimum atomic E-state index is -0.0680. The molecule has 0 radical (unpaired) electrons. The molecule has 1 N–H and O–H groups in total. The van der Waals surface area contributed by atoms with Crippen LogP contribution < -0.4 is 4.90 Å². The van der Waals surface area contributed by atoms with Crippen molar-refractivity contribution in [1.29, 1.82) is 0 Å². The van der Waals surface area contributed by atoms with Crippen LogP contribution in [0.2, 0.25) is 5.02 Å². The number of pyridine rings is 1. The van der Waals surface area contributed by atoms with Gasteiger partial charge in [-0.15, -0.1) is 11.3 Å². The minimum Gasteiger partial charge on any atom is -0.392 e. The van der Waals surface area contributed by atoms with Gasteiger partial charge < -0.3 is 10.0 Å². The van der Waals surface area contributed by atoms with Crippen molar-refractivity contribution in [2.45, 2.75) is 26.0 Å². The summed E-state index contributed by atoms with van der Waals surface area (Å²) in [6, 6.07) is 6.38. The third-order valence-electron chi connectivity index (χ3n) is 3.19. The highest BCUT2D eigenvalue weighted by Gasteiger charge is 2.14. The number of hydrogen-bond donors (Lipinski definition) is 1. The highest BCUT2D eigenvalue weighted by atomic mass is 35.5. The molecule has 0 aromatic carbocycles. The fraction of sp³-hybridized carbons (Fsp3) is 0.357. The smallest absolute Gasteiger partial charge is 0.128 e. The Morgan fingerprint density at radius 2 is 2.32 bits per heavy atom. The van der Waals surface area contributed by atoms with Crippen molar-refractivity contribution in [3.05, 3.63) is 45.2 Å². The Morgan fingerprint density at radius 3 is 2.95 bits per heavy atom. The molecule has 2 aromatic heterocycles. The molecule has 0 amide bonds. The van der Waals surface area contributed by atoms with Crippen molar-refractivity contribution in [2.24, 2.45) is 0 Å². The summed E-state index contributed by atoms with van der Waals surface area (Å²) in [4.78, 5) is 7.79. The molecule has 1 atom stereocenters. The van der Waals surface area contributed by atoms with Crippen molar-refractivity contribution in [3.63, 3.8) is 0 Å². The maximum absolute atomic E-state index is 9.24. The maximum atomic E-state index is 9.24. The quantitative estimate of drug-likeness (QED) is 0.919. The first-order valence-corrected chi connectivity index (χ1v) is 7.38. The summed E-state index contributed by atoms with van der Waals surface area (Å²) in [6.07, 6.45) is 2.57. The number of halogens is 1. The molecule has 2 heterocycles. The van der Waals surface area contributed by atoms with Gasteiger partial charge in [-0.1, -0.05) is 17.7 Å². The van der Waals surface area contributed by atoms with E-state index < -0.39 is 0 Å². The average molecular weight is 297 g/mol. The van der Waals surface area contributed by atoms with E-state index in [0.717, 1.165) is 12.2 Å². The van der Waals surface area contributed by atoms with E-state index in [0.29, 0.717) is 16.6 Å². The Labute approximate surface area is 122 Å². The number of anilines is 1. The first-order chi connectivity index (χ1) is 9.11. The van der Waals surface area contributed by atoms with E-state index in [1.54, 1.807) is 17.5 Å². The third kappa shape index (κ3) is 3.47. The molecule has 102 valence electrons. The lowest BCUT2D eigenvalue weighted by Crippen LogP contribution is -2.31. The second kappa shape index (κ2) is 6.37. The molecule has 1 unspecified atom stereocenters. The summed E-state index contributed by atoms with van der Waals surface area (Å²) in [5.41, 5.74) is 0.710. The van der Waals surface area contributed by atoms with Gasteiger partial charge in [-0.3, -0.25) is 0 Å². The van der Waals surface area contributed by atoms with Crippen LogP contribution in [0.4, 0.5) is 5.82 Å². The number of likely N-dealkylation sites (N-methyl/N-ethyl adjacent to an activating group) is 1. The van der Waals surface area contributed by atoms with Gasteiger partial charge in [0.15, 0.2) is 0 Å². The predicted molar refractivity (Wildman–Crippen MR) is 81.1 cm³/mol. The second-order valence-electron chi connectivity index (χ2n) is 4.54. The molecular weight excluding hydrogens is 280 g/mol. The van der Waals surface area contributed by atoms with Crippen molar-refractivity contribution in [2.75, 3.05) is 11.9 Å². The first kappa shape index (κ1) is 14.3. The molecule has 0 spiro atoms. The topological polar surface area (TPSA) is 36.4 Å². The predicted octanol–water partition coefficient (Wildman–Crippen LogP) is 3.36. The van der Waals surface area contributed by atoms with E-state index >= 15 is 0 Å². The van der Waals surface area contributed by atoms with E-state index in [-0.39, 0.29) is 6.61 Å². The van der Waals surface area contributed by atoms with Gasteiger partial charge in [0.25, 0.3) is 0 Å². The molecular formula is C14H17ClN2OS. The van der Waals surface area contributed by atoms with Gasteiger partial charge in [0.05, 0.1) is 11.6 Å². The van der Waals surface area contributed by atoms with Crippen molar-refractivity contribution >= 4 is 28.8 Å². The largest absolute Gasteiger partial charge is 0.392 e. The number of aliphatic hydroxyl groups is 1. The van der Waals surface area contributed by atoms with Gasteiger partial charge in [0, 0.05) is 36.1 Å². The number of thiophene rings is 1. The van der Waals surface area contributed by atoms with Crippen LogP contribution >= 0.6 is 22.9 Å². The van der Waals surface area contributed by atoms with Gasteiger partial charge >= 0.3 is 0 Å². The van der Waals surface area contributed by atoms with Crippen molar-refractivity contribution in [1.82, 2.24) is 4.98 Å². The molecule has 0 bridgehead atoms. The molecule has 0 saturated heterocycles. The first-order valence-electron chi connectivity index (χ1n) is 6.12. The number of nitrogens with zero attached hydrogens (tertiary/aromatic N) is 2. The second-order valence-corrected chi connectivity index (χ2v) is 5.97. The summed E-state index contributed by atoms with van der Waals surface area (Å²) < 4.78 is 0. The van der Waals surface area contributed by atoms with E-state index in [4.69, 9.17) is 11.6 Å². The van der Waals surface area contributed by atoms with Gasteiger partial charge in [-0.05, 0) is 24.4 Å². The van der Waals surface area contributed by atoms with Crippen molar-refractivity contribution < 1.29 is 5.11 Å². The van der Waals surface area contributed by atoms with E-state index in [2.05, 4.69) is 34.3 Å². The monoisotopic (exact) mass is 296 g/mol. The van der Waals surface area contributed by atoms with Gasteiger partial charge in [0.2, 0.25) is 0 Å². The van der Waals surface area contributed by atoms with E-state index in [1.165, 1.54) is 4.88 Å². The normalized spacial score (nSPS) is 12.4. The van der Waals surface area contributed by atoms with Crippen LogP contribution in [0, 0.1) is 0 Å². The summed E-state index contributed by atoms with van der Waals surface area (Å²) in [5.74, 6) is 0.831. The zero-order valence-electron chi connectivity index (χ0n) is 11.0. The highest BCUT2D eigenvalue weighted by Crippen LogP contribution is 2.22. The maximum Gasteiger partial charge on any atom is 0.128 e. The summed E-state index contributed by atoms with van der Waals surface area (Å²) in [6.45, 7) is 2.09. The lowest BCUT2D eigenvalue weighted by Gasteiger charge is -2.26. The Balaban J connectivity index is 2.12.